The number of amides is 1. The van der Waals surface area contributed by atoms with Crippen molar-refractivity contribution in [3.8, 4) is 0 Å². The van der Waals surface area contributed by atoms with Crippen molar-refractivity contribution in [2.24, 2.45) is 5.73 Å². The van der Waals surface area contributed by atoms with E-state index in [1.165, 1.54) is 11.1 Å². The Balaban J connectivity index is 0.000000980. The van der Waals surface area contributed by atoms with Crippen LogP contribution in [0.4, 0.5) is 0 Å². The quantitative estimate of drug-likeness (QED) is 0.662. The monoisotopic (exact) mass is 212 g/mol. The van der Waals surface area contributed by atoms with Crippen LogP contribution in [0.25, 0.3) is 0 Å². The first kappa shape index (κ1) is 11.0. The largest absolute Gasteiger partial charge is 0.351 e. The van der Waals surface area contributed by atoms with E-state index in [1.54, 1.807) is 0 Å². The molecule has 0 unspecified atom stereocenters. The van der Waals surface area contributed by atoms with Crippen LogP contribution < -0.4 is 11.1 Å². The van der Waals surface area contributed by atoms with Crippen LogP contribution in [0, 0.1) is 0 Å². The third-order valence-corrected chi connectivity index (χ3v) is 2.35. The topological polar surface area (TPSA) is 55.1 Å². The van der Waals surface area contributed by atoms with E-state index in [1.807, 2.05) is 24.3 Å². The van der Waals surface area contributed by atoms with Gasteiger partial charge in [0.15, 0.2) is 0 Å². The number of hydrogen-bond acceptors (Lipinski definition) is 2. The van der Waals surface area contributed by atoms with Gasteiger partial charge >= 0.3 is 0 Å². The predicted octanol–water partition coefficient (Wildman–Crippen LogP) is 0.608. The molecular formula is C10H13ClN2O. The summed E-state index contributed by atoms with van der Waals surface area (Å²) >= 11 is 0. The van der Waals surface area contributed by atoms with Crippen molar-refractivity contribution in [3.63, 3.8) is 0 Å². The van der Waals surface area contributed by atoms with E-state index in [9.17, 15) is 4.79 Å². The summed E-state index contributed by atoms with van der Waals surface area (Å²) in [6, 6.07) is 7.59. The molecule has 0 radical (unpaired) electrons. The Labute approximate surface area is 89.1 Å². The van der Waals surface area contributed by atoms with Crippen molar-refractivity contribution in [1.29, 1.82) is 0 Å². The first-order chi connectivity index (χ1) is 6.27. The zero-order valence-electron chi connectivity index (χ0n) is 7.69. The van der Waals surface area contributed by atoms with Gasteiger partial charge in [0.25, 0.3) is 0 Å². The maximum Gasteiger partial charge on any atom is 0.237 e. The number of nitrogens with two attached hydrogens (primary N) is 1. The van der Waals surface area contributed by atoms with Crippen LogP contribution in [0.2, 0.25) is 0 Å². The predicted molar refractivity (Wildman–Crippen MR) is 57.2 cm³/mol. The smallest absolute Gasteiger partial charge is 0.237 e. The fraction of sp³-hybridized carbons (Fsp3) is 0.300. The van der Waals surface area contributed by atoms with Gasteiger partial charge in [0.1, 0.15) is 0 Å². The van der Waals surface area contributed by atoms with Crippen LogP contribution in [0.5, 0.6) is 0 Å². The number of carbonyl (C=O) groups is 1. The lowest BCUT2D eigenvalue weighted by Gasteiger charge is -2.05. The van der Waals surface area contributed by atoms with Crippen molar-refractivity contribution < 1.29 is 4.79 Å². The second-order valence-corrected chi connectivity index (χ2v) is 3.30. The molecule has 76 valence electrons. The minimum atomic E-state index is -0.399. The van der Waals surface area contributed by atoms with Crippen molar-refractivity contribution >= 4 is 18.3 Å². The highest BCUT2D eigenvalue weighted by Gasteiger charge is 2.19. The van der Waals surface area contributed by atoms with Gasteiger partial charge in [0.2, 0.25) is 5.91 Å². The molecule has 1 aromatic rings. The molecule has 0 bridgehead atoms. The number of benzene rings is 1. The zero-order valence-corrected chi connectivity index (χ0v) is 8.51. The first-order valence-corrected chi connectivity index (χ1v) is 4.37. The van der Waals surface area contributed by atoms with Gasteiger partial charge in [-0.2, -0.15) is 0 Å². The minimum Gasteiger partial charge on any atom is -0.351 e. The molecule has 3 N–H and O–H groups in total. The Morgan fingerprint density at radius 2 is 1.93 bits per heavy atom. The zero-order chi connectivity index (χ0) is 9.26. The Bertz CT molecular complexity index is 341. The average molecular weight is 213 g/mol. The van der Waals surface area contributed by atoms with E-state index in [0.29, 0.717) is 13.0 Å². The van der Waals surface area contributed by atoms with Crippen molar-refractivity contribution in [1.82, 2.24) is 5.32 Å². The molecule has 1 heterocycles. The van der Waals surface area contributed by atoms with Crippen LogP contribution in [-0.4, -0.2) is 11.9 Å². The summed E-state index contributed by atoms with van der Waals surface area (Å²) in [5, 5.41) is 2.79. The summed E-state index contributed by atoms with van der Waals surface area (Å²) in [4.78, 5) is 11.2. The van der Waals surface area contributed by atoms with Crippen LogP contribution in [0.15, 0.2) is 24.3 Å². The van der Waals surface area contributed by atoms with Gasteiger partial charge in [-0.05, 0) is 17.5 Å². The van der Waals surface area contributed by atoms with Crippen LogP contribution in [0.3, 0.4) is 0 Å². The number of halogens is 1. The average Bonchev–Trinajstić information content (AvgIpc) is 2.28. The molecular weight excluding hydrogens is 200 g/mol. The van der Waals surface area contributed by atoms with Gasteiger partial charge < -0.3 is 11.1 Å². The Morgan fingerprint density at radius 1 is 1.29 bits per heavy atom. The van der Waals surface area contributed by atoms with Gasteiger partial charge in [0.05, 0.1) is 6.04 Å². The number of nitrogens with one attached hydrogen (secondary N) is 1. The molecule has 1 aromatic carbocycles. The third kappa shape index (κ3) is 2.05. The molecule has 0 aliphatic carbocycles. The molecule has 0 saturated heterocycles. The van der Waals surface area contributed by atoms with Crippen molar-refractivity contribution in [2.75, 3.05) is 0 Å². The van der Waals surface area contributed by atoms with Crippen molar-refractivity contribution in [3.05, 3.63) is 35.4 Å². The molecule has 1 amide bonds. The SMILES string of the molecule is Cl.N[C@H]1Cc2ccccc2CNC1=O. The second-order valence-electron chi connectivity index (χ2n) is 3.30. The van der Waals surface area contributed by atoms with E-state index in [2.05, 4.69) is 5.32 Å². The normalized spacial score (nSPS) is 20.1. The van der Waals surface area contributed by atoms with E-state index in [4.69, 9.17) is 5.73 Å². The molecule has 0 fully saturated rings. The second kappa shape index (κ2) is 4.44. The van der Waals surface area contributed by atoms with Gasteiger partial charge in [-0.25, -0.2) is 0 Å². The van der Waals surface area contributed by atoms with Gasteiger partial charge in [-0.3, -0.25) is 4.79 Å². The van der Waals surface area contributed by atoms with Crippen molar-refractivity contribution in [2.45, 2.75) is 19.0 Å². The third-order valence-electron chi connectivity index (χ3n) is 2.35. The number of rotatable bonds is 0. The number of hydrogen-bond donors (Lipinski definition) is 2. The summed E-state index contributed by atoms with van der Waals surface area (Å²) in [6.07, 6.45) is 0.641. The van der Waals surface area contributed by atoms with Crippen LogP contribution >= 0.6 is 12.4 Å². The molecule has 4 heteroatoms. The van der Waals surface area contributed by atoms with E-state index >= 15 is 0 Å². The highest BCUT2D eigenvalue weighted by atomic mass is 35.5. The maximum atomic E-state index is 11.2. The molecule has 1 atom stereocenters. The molecule has 0 aromatic heterocycles. The summed E-state index contributed by atoms with van der Waals surface area (Å²) in [7, 11) is 0. The van der Waals surface area contributed by atoms with E-state index in [0.717, 1.165) is 0 Å². The molecule has 2 rings (SSSR count). The molecule has 1 aliphatic rings. The number of fused-ring (bicyclic) bond motifs is 1. The lowest BCUT2D eigenvalue weighted by atomic mass is 10.0. The standard InChI is InChI=1S/C10H12N2O.ClH/c11-9-5-7-3-1-2-4-8(7)6-12-10(9)13;/h1-4,9H,5-6,11H2,(H,12,13);1H/t9-;/m0./s1. The maximum absolute atomic E-state index is 11.2. The van der Waals surface area contributed by atoms with E-state index in [-0.39, 0.29) is 18.3 Å². The molecule has 0 spiro atoms. The molecule has 14 heavy (non-hydrogen) atoms. The summed E-state index contributed by atoms with van der Waals surface area (Å²) in [5.74, 6) is -0.0591. The fourth-order valence-electron chi connectivity index (χ4n) is 1.57. The Morgan fingerprint density at radius 3 is 2.64 bits per heavy atom. The van der Waals surface area contributed by atoms with Gasteiger partial charge in [-0.1, -0.05) is 24.3 Å². The van der Waals surface area contributed by atoms with Gasteiger partial charge in [-0.15, -0.1) is 12.4 Å². The lowest BCUT2D eigenvalue weighted by molar-refractivity contribution is -0.122. The number of carbonyl (C=O) groups excluding carboxylic acids is 1. The Kier molecular flexibility index (Phi) is 3.49. The fourth-order valence-corrected chi connectivity index (χ4v) is 1.57. The Hall–Kier alpha value is -1.06. The summed E-state index contributed by atoms with van der Waals surface area (Å²) in [5.41, 5.74) is 8.03. The van der Waals surface area contributed by atoms with Crippen LogP contribution in [-0.2, 0) is 17.8 Å². The lowest BCUT2D eigenvalue weighted by Crippen LogP contribution is -2.39. The highest BCUT2D eigenvalue weighted by molar-refractivity contribution is 5.85. The summed E-state index contributed by atoms with van der Waals surface area (Å²) < 4.78 is 0. The van der Waals surface area contributed by atoms with Gasteiger partial charge in [0, 0.05) is 6.54 Å². The van der Waals surface area contributed by atoms with E-state index < -0.39 is 6.04 Å². The summed E-state index contributed by atoms with van der Waals surface area (Å²) in [6.45, 7) is 0.600. The molecule has 3 nitrogen and oxygen atoms in total. The first-order valence-electron chi connectivity index (χ1n) is 4.37. The highest BCUT2D eigenvalue weighted by Crippen LogP contribution is 2.13. The molecule has 0 saturated carbocycles. The van der Waals surface area contributed by atoms with Crippen LogP contribution in [0.1, 0.15) is 11.1 Å². The minimum absolute atomic E-state index is 0. The molecule has 1 aliphatic heterocycles.